The molecule has 0 aliphatic carbocycles. The van der Waals surface area contributed by atoms with Crippen LogP contribution < -0.4 is 27.4 Å². The molecule has 0 saturated heterocycles. The van der Waals surface area contributed by atoms with Gasteiger partial charge in [-0.3, -0.25) is 19.2 Å². The van der Waals surface area contributed by atoms with Crippen LogP contribution in [0.25, 0.3) is 0 Å². The van der Waals surface area contributed by atoms with Crippen LogP contribution in [0.3, 0.4) is 0 Å². The van der Waals surface area contributed by atoms with Crippen LogP contribution in [0.15, 0.2) is 24.3 Å². The Morgan fingerprint density at radius 3 is 1.89 bits per heavy atom. The third kappa shape index (κ3) is 11.2. The van der Waals surface area contributed by atoms with Crippen LogP contribution in [-0.4, -0.2) is 64.0 Å². The second-order valence-corrected chi connectivity index (χ2v) is 9.94. The molecule has 0 saturated carbocycles. The predicted octanol–water partition coefficient (Wildman–Crippen LogP) is 0.159. The van der Waals surface area contributed by atoms with Crippen LogP contribution in [0, 0.1) is 11.8 Å². The minimum atomic E-state index is -1.37. The van der Waals surface area contributed by atoms with Crippen molar-refractivity contribution in [2.24, 2.45) is 23.3 Å². The van der Waals surface area contributed by atoms with Crippen molar-refractivity contribution in [3.63, 3.8) is 0 Å². The van der Waals surface area contributed by atoms with Crippen LogP contribution in [-0.2, 0) is 30.4 Å². The van der Waals surface area contributed by atoms with E-state index in [1.54, 1.807) is 12.1 Å². The summed E-state index contributed by atoms with van der Waals surface area (Å²) in [5, 5.41) is 26.7. The Hall–Kier alpha value is -3.67. The molecular weight excluding hydrogens is 494 g/mol. The van der Waals surface area contributed by atoms with Crippen LogP contribution in [0.1, 0.15) is 58.9 Å². The summed E-state index contributed by atoms with van der Waals surface area (Å²) in [6, 6.07) is 1.66. The number of carboxylic acids is 1. The number of carbonyl (C=O) groups excluding carboxylic acids is 4. The maximum absolute atomic E-state index is 13.4. The Labute approximate surface area is 222 Å². The van der Waals surface area contributed by atoms with Crippen molar-refractivity contribution in [3.05, 3.63) is 29.8 Å². The third-order valence-corrected chi connectivity index (χ3v) is 6.20. The smallest absolute Gasteiger partial charge is 0.326 e. The summed E-state index contributed by atoms with van der Waals surface area (Å²) >= 11 is 0. The van der Waals surface area contributed by atoms with Gasteiger partial charge in [0.1, 0.15) is 23.9 Å². The Morgan fingerprint density at radius 1 is 0.868 bits per heavy atom. The topological polar surface area (TPSA) is 214 Å². The number of phenols is 1. The molecule has 1 aromatic carbocycles. The highest BCUT2D eigenvalue weighted by molar-refractivity contribution is 5.94. The highest BCUT2D eigenvalue weighted by Gasteiger charge is 2.31. The molecule has 12 heteroatoms. The number of nitrogens with one attached hydrogen (secondary N) is 3. The number of phenolic OH excluding ortho intramolecular Hbond substituents is 1. The first-order valence-corrected chi connectivity index (χ1v) is 12.7. The number of benzene rings is 1. The average Bonchev–Trinajstić information content (AvgIpc) is 2.85. The van der Waals surface area contributed by atoms with Crippen molar-refractivity contribution in [2.45, 2.75) is 84.0 Å². The standard InChI is InChI=1S/C26H41N5O7/c1-5-15(4)22(28)25(36)31-20(13-16-6-8-17(32)9-7-16)24(35)30-19(12-14(2)3)23(34)29-18(26(37)38)10-11-21(27)33/h6-9,14-15,18-20,22,32H,5,10-13,28H2,1-4H3,(H2,27,33)(H,29,34)(H,30,35)(H,31,36)(H,37,38). The van der Waals surface area contributed by atoms with Gasteiger partial charge in [-0.05, 0) is 42.4 Å². The van der Waals surface area contributed by atoms with Gasteiger partial charge in [-0.25, -0.2) is 4.79 Å². The van der Waals surface area contributed by atoms with Gasteiger partial charge in [0.15, 0.2) is 0 Å². The first kappa shape index (κ1) is 32.4. The van der Waals surface area contributed by atoms with Gasteiger partial charge in [0.05, 0.1) is 6.04 Å². The van der Waals surface area contributed by atoms with Gasteiger partial charge in [-0.1, -0.05) is 46.2 Å². The van der Waals surface area contributed by atoms with Crippen molar-refractivity contribution < 1.29 is 34.2 Å². The largest absolute Gasteiger partial charge is 0.508 e. The quantitative estimate of drug-likeness (QED) is 0.154. The van der Waals surface area contributed by atoms with Gasteiger partial charge in [-0.2, -0.15) is 0 Å². The number of hydrogen-bond donors (Lipinski definition) is 7. The van der Waals surface area contributed by atoms with E-state index in [-0.39, 0.29) is 43.3 Å². The number of carboxylic acid groups (broad SMARTS) is 1. The van der Waals surface area contributed by atoms with E-state index in [4.69, 9.17) is 11.5 Å². The minimum absolute atomic E-state index is 0.0376. The second-order valence-electron chi connectivity index (χ2n) is 9.94. The van der Waals surface area contributed by atoms with E-state index in [2.05, 4.69) is 16.0 Å². The van der Waals surface area contributed by atoms with Crippen molar-refractivity contribution in [2.75, 3.05) is 0 Å². The molecule has 0 radical (unpaired) electrons. The van der Waals surface area contributed by atoms with Crippen LogP contribution in [0.2, 0.25) is 0 Å². The normalized spacial score (nSPS) is 15.0. The first-order chi connectivity index (χ1) is 17.7. The molecule has 12 nitrogen and oxygen atoms in total. The van der Waals surface area contributed by atoms with Crippen LogP contribution in [0.5, 0.6) is 5.75 Å². The van der Waals surface area contributed by atoms with Crippen LogP contribution in [0.4, 0.5) is 0 Å². The minimum Gasteiger partial charge on any atom is -0.508 e. The zero-order chi connectivity index (χ0) is 29.0. The molecule has 212 valence electrons. The van der Waals surface area contributed by atoms with E-state index in [9.17, 15) is 34.2 Å². The van der Waals surface area contributed by atoms with Gasteiger partial charge in [0.25, 0.3) is 0 Å². The average molecular weight is 536 g/mol. The van der Waals surface area contributed by atoms with E-state index < -0.39 is 53.8 Å². The fourth-order valence-corrected chi connectivity index (χ4v) is 3.65. The van der Waals surface area contributed by atoms with Gasteiger partial charge >= 0.3 is 5.97 Å². The summed E-state index contributed by atoms with van der Waals surface area (Å²) in [7, 11) is 0. The lowest BCUT2D eigenvalue weighted by Gasteiger charge is -2.27. The number of nitrogens with two attached hydrogens (primary N) is 2. The van der Waals surface area contributed by atoms with Gasteiger partial charge in [-0.15, -0.1) is 0 Å². The molecule has 1 rings (SSSR count). The van der Waals surface area contributed by atoms with Gasteiger partial charge in [0.2, 0.25) is 23.6 Å². The molecule has 4 amide bonds. The van der Waals surface area contributed by atoms with E-state index in [0.29, 0.717) is 12.0 Å². The molecule has 38 heavy (non-hydrogen) atoms. The molecule has 0 fully saturated rings. The van der Waals surface area contributed by atoms with E-state index in [0.717, 1.165) is 0 Å². The van der Waals surface area contributed by atoms with E-state index in [1.165, 1.54) is 12.1 Å². The molecule has 0 heterocycles. The molecule has 0 spiro atoms. The number of hydrogen-bond acceptors (Lipinski definition) is 7. The number of rotatable bonds is 16. The first-order valence-electron chi connectivity index (χ1n) is 12.7. The third-order valence-electron chi connectivity index (χ3n) is 6.20. The highest BCUT2D eigenvalue weighted by Crippen LogP contribution is 2.13. The fourth-order valence-electron chi connectivity index (χ4n) is 3.65. The molecule has 0 aliphatic rings. The molecule has 0 aliphatic heterocycles. The monoisotopic (exact) mass is 535 g/mol. The molecule has 0 aromatic heterocycles. The summed E-state index contributed by atoms with van der Waals surface area (Å²) in [5.41, 5.74) is 11.8. The Balaban J connectivity index is 3.15. The summed E-state index contributed by atoms with van der Waals surface area (Å²) in [5.74, 6) is -4.13. The summed E-state index contributed by atoms with van der Waals surface area (Å²) in [6.07, 6.45) is 0.450. The lowest BCUT2D eigenvalue weighted by molar-refractivity contribution is -0.142. The SMILES string of the molecule is CCC(C)C(N)C(=O)NC(Cc1ccc(O)cc1)C(=O)NC(CC(C)C)C(=O)NC(CCC(N)=O)C(=O)O. The predicted molar refractivity (Wildman–Crippen MR) is 141 cm³/mol. The van der Waals surface area contributed by atoms with Crippen molar-refractivity contribution in [1.82, 2.24) is 16.0 Å². The fraction of sp³-hybridized carbons (Fsp3) is 0.577. The number of aliphatic carboxylic acids is 1. The molecule has 5 unspecified atom stereocenters. The Morgan fingerprint density at radius 2 is 1.39 bits per heavy atom. The van der Waals surface area contributed by atoms with E-state index >= 15 is 0 Å². The lowest BCUT2D eigenvalue weighted by atomic mass is 9.97. The number of carbonyl (C=O) groups is 5. The number of primary amides is 1. The van der Waals surface area contributed by atoms with Crippen LogP contribution >= 0.6 is 0 Å². The maximum Gasteiger partial charge on any atom is 0.326 e. The van der Waals surface area contributed by atoms with Crippen molar-refractivity contribution in [3.8, 4) is 5.75 Å². The summed E-state index contributed by atoms with van der Waals surface area (Å²) in [4.78, 5) is 61.9. The molecule has 1 aromatic rings. The van der Waals surface area contributed by atoms with Gasteiger partial charge < -0.3 is 37.6 Å². The second kappa shape index (κ2) is 15.6. The summed E-state index contributed by atoms with van der Waals surface area (Å²) < 4.78 is 0. The van der Waals surface area contributed by atoms with E-state index in [1.807, 2.05) is 27.7 Å². The van der Waals surface area contributed by atoms with Gasteiger partial charge in [0, 0.05) is 12.8 Å². The Bertz CT molecular complexity index is 967. The molecule has 9 N–H and O–H groups in total. The number of aromatic hydroxyl groups is 1. The number of amides is 4. The maximum atomic E-state index is 13.4. The van der Waals surface area contributed by atoms with Crippen molar-refractivity contribution >= 4 is 29.6 Å². The highest BCUT2D eigenvalue weighted by atomic mass is 16.4. The zero-order valence-electron chi connectivity index (χ0n) is 22.4. The molecule has 0 bridgehead atoms. The molecule has 5 atom stereocenters. The Kier molecular flexibility index (Phi) is 13.2. The zero-order valence-corrected chi connectivity index (χ0v) is 22.4. The van der Waals surface area contributed by atoms with Crippen molar-refractivity contribution in [1.29, 1.82) is 0 Å². The lowest BCUT2D eigenvalue weighted by Crippen LogP contribution is -2.58. The molecular formula is C26H41N5O7. The summed E-state index contributed by atoms with van der Waals surface area (Å²) in [6.45, 7) is 7.37.